The van der Waals surface area contributed by atoms with E-state index in [2.05, 4.69) is 9.97 Å². The van der Waals surface area contributed by atoms with Crippen LogP contribution in [0.4, 0.5) is 0 Å². The predicted molar refractivity (Wildman–Crippen MR) is 125 cm³/mol. The van der Waals surface area contributed by atoms with Crippen LogP contribution >= 0.6 is 0 Å². The van der Waals surface area contributed by atoms with Crippen molar-refractivity contribution < 1.29 is 9.47 Å². The number of fused-ring (bicyclic) bond motifs is 3. The summed E-state index contributed by atoms with van der Waals surface area (Å²) in [5, 5.41) is 0. The Morgan fingerprint density at radius 3 is 2.59 bits per heavy atom. The van der Waals surface area contributed by atoms with Crippen LogP contribution in [0.2, 0.25) is 0 Å². The van der Waals surface area contributed by atoms with E-state index in [0.717, 1.165) is 23.0 Å². The van der Waals surface area contributed by atoms with Crippen molar-refractivity contribution in [2.24, 2.45) is 0 Å². The van der Waals surface area contributed by atoms with Crippen molar-refractivity contribution >= 4 is 22.2 Å². The second-order valence-electron chi connectivity index (χ2n) is 8.27. The van der Waals surface area contributed by atoms with Gasteiger partial charge < -0.3 is 19.0 Å². The van der Waals surface area contributed by atoms with E-state index in [0.29, 0.717) is 53.8 Å². The van der Waals surface area contributed by atoms with E-state index < -0.39 is 11.2 Å². The van der Waals surface area contributed by atoms with Gasteiger partial charge in [0, 0.05) is 25.2 Å². The molecule has 0 fully saturated rings. The molecule has 0 saturated carbocycles. The van der Waals surface area contributed by atoms with Gasteiger partial charge in [-0.3, -0.25) is 14.3 Å². The van der Waals surface area contributed by atoms with Crippen molar-refractivity contribution in [2.75, 3.05) is 6.79 Å². The fourth-order valence-electron chi connectivity index (χ4n) is 4.41. The molecule has 172 valence electrons. The van der Waals surface area contributed by atoms with E-state index in [1.807, 2.05) is 54.0 Å². The zero-order valence-electron chi connectivity index (χ0n) is 18.5. The average Bonchev–Trinajstić information content (AvgIpc) is 3.53. The number of H-pyrrole nitrogens is 2. The van der Waals surface area contributed by atoms with Crippen molar-refractivity contribution in [1.29, 1.82) is 0 Å². The third-order valence-electron chi connectivity index (χ3n) is 5.95. The topological polar surface area (TPSA) is 120 Å². The molecule has 0 atom stereocenters. The van der Waals surface area contributed by atoms with E-state index in [1.54, 1.807) is 0 Å². The molecule has 6 rings (SSSR count). The number of nitrogens with one attached hydrogen (secondary N) is 2. The molecule has 2 N–H and O–H groups in total. The van der Waals surface area contributed by atoms with E-state index in [9.17, 15) is 9.59 Å². The lowest BCUT2D eigenvalue weighted by Crippen LogP contribution is -2.31. The minimum absolute atomic E-state index is 0.201. The maximum Gasteiger partial charge on any atom is 0.330 e. The van der Waals surface area contributed by atoms with E-state index in [-0.39, 0.29) is 6.79 Å². The second-order valence-corrected chi connectivity index (χ2v) is 8.27. The van der Waals surface area contributed by atoms with Gasteiger partial charge in [0.15, 0.2) is 22.7 Å². The molecule has 10 heteroatoms. The van der Waals surface area contributed by atoms with Gasteiger partial charge in [0.25, 0.3) is 5.56 Å². The van der Waals surface area contributed by atoms with Crippen LogP contribution in [0.15, 0.2) is 52.1 Å². The number of aryl methyl sites for hydroxylation is 1. The van der Waals surface area contributed by atoms with Crippen LogP contribution < -0.4 is 20.7 Å². The van der Waals surface area contributed by atoms with Crippen molar-refractivity contribution in [2.45, 2.75) is 32.9 Å². The summed E-state index contributed by atoms with van der Waals surface area (Å²) >= 11 is 0. The first-order valence-corrected chi connectivity index (χ1v) is 11.1. The number of aromatic amines is 2. The Balaban J connectivity index is 1.50. The van der Waals surface area contributed by atoms with Gasteiger partial charge in [-0.2, -0.15) is 0 Å². The van der Waals surface area contributed by atoms with Gasteiger partial charge in [-0.05, 0) is 12.0 Å². The van der Waals surface area contributed by atoms with Gasteiger partial charge in [0.2, 0.25) is 6.79 Å². The van der Waals surface area contributed by atoms with Gasteiger partial charge >= 0.3 is 5.69 Å². The molecule has 0 aliphatic carbocycles. The fourth-order valence-corrected chi connectivity index (χ4v) is 4.41. The molecule has 0 bridgehead atoms. The lowest BCUT2D eigenvalue weighted by Gasteiger charge is -2.09. The molecule has 1 aliphatic rings. The molecule has 0 unspecified atom stereocenters. The number of aromatic nitrogens is 6. The Labute approximate surface area is 192 Å². The van der Waals surface area contributed by atoms with Crippen LogP contribution in [0.1, 0.15) is 30.6 Å². The average molecular weight is 458 g/mol. The highest BCUT2D eigenvalue weighted by molar-refractivity contribution is 5.80. The highest BCUT2D eigenvalue weighted by atomic mass is 16.7. The molecule has 2 aromatic carbocycles. The molecule has 5 aromatic rings. The Hall–Kier alpha value is -4.34. The SMILES string of the molecule is CCCn1c(=O)[nH]c(=O)c2c1nc(Cc1nc3cc4c(cc3[nH]1)OCO4)n2Cc1ccccc1. The lowest BCUT2D eigenvalue weighted by molar-refractivity contribution is 0.174. The van der Waals surface area contributed by atoms with Crippen LogP contribution in [0, 0.1) is 0 Å². The zero-order chi connectivity index (χ0) is 23.2. The Morgan fingerprint density at radius 2 is 1.79 bits per heavy atom. The minimum Gasteiger partial charge on any atom is -0.454 e. The zero-order valence-corrected chi connectivity index (χ0v) is 18.5. The Morgan fingerprint density at radius 1 is 1.00 bits per heavy atom. The van der Waals surface area contributed by atoms with E-state index in [1.165, 1.54) is 4.57 Å². The Bertz CT molecular complexity index is 1600. The first kappa shape index (κ1) is 20.3. The Kier molecular flexibility index (Phi) is 4.72. The molecule has 4 heterocycles. The van der Waals surface area contributed by atoms with Crippen LogP contribution in [0.3, 0.4) is 0 Å². The van der Waals surface area contributed by atoms with Crippen molar-refractivity contribution in [3.05, 3.63) is 80.5 Å². The van der Waals surface area contributed by atoms with Crippen LogP contribution in [0.5, 0.6) is 11.5 Å². The molecule has 0 radical (unpaired) electrons. The number of imidazole rings is 2. The molecular weight excluding hydrogens is 436 g/mol. The van der Waals surface area contributed by atoms with E-state index >= 15 is 0 Å². The monoisotopic (exact) mass is 458 g/mol. The van der Waals surface area contributed by atoms with Crippen molar-refractivity contribution in [3.63, 3.8) is 0 Å². The van der Waals surface area contributed by atoms with Gasteiger partial charge in [0.1, 0.15) is 11.6 Å². The summed E-state index contributed by atoms with van der Waals surface area (Å²) in [4.78, 5) is 40.7. The minimum atomic E-state index is -0.450. The van der Waals surface area contributed by atoms with Gasteiger partial charge in [-0.25, -0.2) is 14.8 Å². The lowest BCUT2D eigenvalue weighted by atomic mass is 10.2. The van der Waals surface area contributed by atoms with Crippen molar-refractivity contribution in [3.8, 4) is 11.5 Å². The van der Waals surface area contributed by atoms with Gasteiger partial charge in [-0.15, -0.1) is 0 Å². The molecule has 10 nitrogen and oxygen atoms in total. The molecular formula is C24H22N6O4. The fraction of sp³-hybridized carbons (Fsp3) is 0.250. The highest BCUT2D eigenvalue weighted by Gasteiger charge is 2.21. The first-order valence-electron chi connectivity index (χ1n) is 11.1. The van der Waals surface area contributed by atoms with Gasteiger partial charge in [-0.1, -0.05) is 37.3 Å². The summed E-state index contributed by atoms with van der Waals surface area (Å²) in [5.41, 5.74) is 2.47. The third kappa shape index (κ3) is 3.35. The number of ether oxygens (including phenoxy) is 2. The number of nitrogens with zero attached hydrogens (tertiary/aromatic N) is 4. The summed E-state index contributed by atoms with van der Waals surface area (Å²) in [5.74, 6) is 2.66. The smallest absolute Gasteiger partial charge is 0.330 e. The molecule has 34 heavy (non-hydrogen) atoms. The summed E-state index contributed by atoms with van der Waals surface area (Å²) < 4.78 is 14.3. The summed E-state index contributed by atoms with van der Waals surface area (Å²) in [6.07, 6.45) is 1.09. The first-order chi connectivity index (χ1) is 16.6. The highest BCUT2D eigenvalue weighted by Crippen LogP contribution is 2.35. The third-order valence-corrected chi connectivity index (χ3v) is 5.95. The molecule has 0 spiro atoms. The van der Waals surface area contributed by atoms with Crippen LogP contribution in [0.25, 0.3) is 22.2 Å². The standard InChI is InChI=1S/C24H22N6O4/c1-2-8-29-22-21(23(31)28-24(29)32)30(12-14-6-4-3-5-7-14)20(27-22)11-19-25-15-9-17-18(34-13-33-17)10-16(15)26-19/h3-7,9-10H,2,8,11-13H2,1H3,(H,25,26)(H,28,31,32). The van der Waals surface area contributed by atoms with Crippen LogP contribution in [-0.4, -0.2) is 35.9 Å². The number of rotatable bonds is 6. The van der Waals surface area contributed by atoms with E-state index in [4.69, 9.17) is 19.4 Å². The second kappa shape index (κ2) is 7.91. The normalized spacial score (nSPS) is 12.7. The number of benzene rings is 2. The number of hydrogen-bond donors (Lipinski definition) is 2. The summed E-state index contributed by atoms with van der Waals surface area (Å²) in [6.45, 7) is 3.08. The molecule has 3 aromatic heterocycles. The largest absolute Gasteiger partial charge is 0.454 e. The van der Waals surface area contributed by atoms with Crippen LogP contribution in [-0.2, 0) is 19.5 Å². The summed E-state index contributed by atoms with van der Waals surface area (Å²) in [7, 11) is 0. The summed E-state index contributed by atoms with van der Waals surface area (Å²) in [6, 6.07) is 13.5. The predicted octanol–water partition coefficient (Wildman–Crippen LogP) is 2.54. The molecule has 0 saturated heterocycles. The molecule has 0 amide bonds. The maximum atomic E-state index is 12.9. The maximum absolute atomic E-state index is 12.9. The number of hydrogen-bond acceptors (Lipinski definition) is 6. The quantitative estimate of drug-likeness (QED) is 0.404. The van der Waals surface area contributed by atoms with Crippen molar-refractivity contribution in [1.82, 2.24) is 29.1 Å². The van der Waals surface area contributed by atoms with Gasteiger partial charge in [0.05, 0.1) is 17.5 Å². The molecule has 1 aliphatic heterocycles.